The molecule has 0 spiro atoms. The molecule has 0 bridgehead atoms. The Morgan fingerprint density at radius 3 is 2.88 bits per heavy atom. The normalized spacial score (nSPS) is 29.7. The monoisotopic (exact) mass is 460 g/mol. The van der Waals surface area contributed by atoms with Crippen molar-refractivity contribution in [2.75, 3.05) is 0 Å². The molecule has 178 valence electrons. The highest BCUT2D eigenvalue weighted by molar-refractivity contribution is 6.58. The molecule has 1 heterocycles. The molecule has 3 aliphatic rings. The summed E-state index contributed by atoms with van der Waals surface area (Å²) in [6.45, 7) is 2.64. The van der Waals surface area contributed by atoms with Crippen molar-refractivity contribution < 1.29 is 19.6 Å². The number of nitrogens with zero attached hydrogens (tertiary/aromatic N) is 1. The van der Waals surface area contributed by atoms with Gasteiger partial charge in [-0.1, -0.05) is 31.2 Å². The Morgan fingerprint density at radius 2 is 2.12 bits per heavy atom. The van der Waals surface area contributed by atoms with E-state index in [0.29, 0.717) is 48.4 Å². The summed E-state index contributed by atoms with van der Waals surface area (Å²) >= 11 is 0. The van der Waals surface area contributed by atoms with Crippen LogP contribution in [0.3, 0.4) is 0 Å². The number of ketones is 1. The number of rotatable bonds is 6. The molecular weight excluding hydrogens is 427 g/mol. The van der Waals surface area contributed by atoms with Crippen molar-refractivity contribution in [3.8, 4) is 0 Å². The van der Waals surface area contributed by atoms with Crippen LogP contribution in [0.5, 0.6) is 0 Å². The first-order valence-electron chi connectivity index (χ1n) is 12.5. The van der Waals surface area contributed by atoms with E-state index in [-0.39, 0.29) is 17.2 Å². The van der Waals surface area contributed by atoms with Gasteiger partial charge in [-0.3, -0.25) is 14.6 Å². The molecule has 7 heteroatoms. The van der Waals surface area contributed by atoms with Crippen LogP contribution < -0.4 is 10.8 Å². The Labute approximate surface area is 201 Å². The Hall–Kier alpha value is -2.51. The largest absolute Gasteiger partial charge is 0.488 e. The summed E-state index contributed by atoms with van der Waals surface area (Å²) < 4.78 is 0. The number of aryl methyl sites for hydroxylation is 1. The van der Waals surface area contributed by atoms with Crippen LogP contribution >= 0.6 is 0 Å². The van der Waals surface area contributed by atoms with Gasteiger partial charge in [-0.25, -0.2) is 0 Å². The minimum absolute atomic E-state index is 0.0290. The maximum Gasteiger partial charge on any atom is 0.488 e. The summed E-state index contributed by atoms with van der Waals surface area (Å²) in [5.41, 5.74) is 3.77. The molecule has 5 atom stereocenters. The molecule has 5 rings (SSSR count). The predicted octanol–water partition coefficient (Wildman–Crippen LogP) is 2.51. The van der Waals surface area contributed by atoms with Gasteiger partial charge in [0.1, 0.15) is 5.78 Å². The summed E-state index contributed by atoms with van der Waals surface area (Å²) in [4.78, 5) is 29.8. The molecule has 34 heavy (non-hydrogen) atoms. The maximum absolute atomic E-state index is 13.2. The highest BCUT2D eigenvalue weighted by atomic mass is 16.4. The maximum atomic E-state index is 13.2. The lowest BCUT2D eigenvalue weighted by Crippen LogP contribution is -2.44. The van der Waals surface area contributed by atoms with Gasteiger partial charge >= 0.3 is 7.12 Å². The van der Waals surface area contributed by atoms with E-state index in [0.717, 1.165) is 37.7 Å². The summed E-state index contributed by atoms with van der Waals surface area (Å²) in [7, 11) is -1.45. The molecular formula is C27H33BN2O4. The lowest BCUT2D eigenvalue weighted by atomic mass is 9.53. The Balaban J connectivity index is 1.29. The highest BCUT2D eigenvalue weighted by Gasteiger charge is 2.58. The van der Waals surface area contributed by atoms with Crippen LogP contribution in [0.2, 0.25) is 0 Å². The van der Waals surface area contributed by atoms with Crippen LogP contribution in [0.25, 0.3) is 0 Å². The zero-order chi connectivity index (χ0) is 23.9. The molecule has 2 saturated carbocycles. The van der Waals surface area contributed by atoms with E-state index in [9.17, 15) is 19.6 Å². The van der Waals surface area contributed by atoms with E-state index in [2.05, 4.69) is 23.3 Å². The third-order valence-corrected chi connectivity index (χ3v) is 8.85. The number of hydrogen-bond donors (Lipinski definition) is 3. The second kappa shape index (κ2) is 9.27. The Morgan fingerprint density at radius 1 is 1.26 bits per heavy atom. The van der Waals surface area contributed by atoms with E-state index in [1.54, 1.807) is 12.4 Å². The number of carbonyl (C=O) groups excluding carboxylic acids is 2. The van der Waals surface area contributed by atoms with Gasteiger partial charge in [0.25, 0.3) is 0 Å². The summed E-state index contributed by atoms with van der Waals surface area (Å²) in [5.74, 6) is 1.80. The predicted molar refractivity (Wildman–Crippen MR) is 130 cm³/mol. The first-order valence-corrected chi connectivity index (χ1v) is 12.5. The first-order chi connectivity index (χ1) is 16.4. The summed E-state index contributed by atoms with van der Waals surface area (Å²) in [6.07, 6.45) is 9.05. The second-order valence-electron chi connectivity index (χ2n) is 10.7. The molecule has 1 aromatic carbocycles. The zero-order valence-electron chi connectivity index (χ0n) is 19.7. The molecule has 2 fully saturated rings. The van der Waals surface area contributed by atoms with Gasteiger partial charge in [0.05, 0.1) is 0 Å². The van der Waals surface area contributed by atoms with E-state index >= 15 is 0 Å². The zero-order valence-corrected chi connectivity index (χ0v) is 19.7. The molecule has 1 aromatic heterocycles. The Bertz CT molecular complexity index is 1080. The number of amides is 1. The van der Waals surface area contributed by atoms with E-state index in [4.69, 9.17) is 0 Å². The molecule has 0 aliphatic heterocycles. The van der Waals surface area contributed by atoms with Crippen molar-refractivity contribution in [3.63, 3.8) is 0 Å². The number of pyridine rings is 1. The fourth-order valence-corrected chi connectivity index (χ4v) is 7.20. The van der Waals surface area contributed by atoms with Crippen LogP contribution in [-0.4, -0.2) is 33.8 Å². The van der Waals surface area contributed by atoms with Crippen molar-refractivity contribution in [1.82, 2.24) is 10.3 Å². The van der Waals surface area contributed by atoms with Crippen LogP contribution in [0.15, 0.2) is 42.7 Å². The third kappa shape index (κ3) is 4.20. The standard InChI is InChI=1S/C27H33BN2O4/c1-27-11-10-22-21-8-6-20(28(33)34)13-18(21)4-7-23(22)26(27)19(14-24(27)31)5-9-25(32)30-16-17-3-2-12-29-15-17/h2-3,6,8,12-13,15,19,22-23,26,33-34H,4-5,7,9-11,14,16H2,1H3,(H,30,32)/t19-,22-,23-,26+,27-/m1/s1. The molecule has 0 unspecified atom stereocenters. The van der Waals surface area contributed by atoms with Gasteiger partial charge in [-0.05, 0) is 84.0 Å². The lowest BCUT2D eigenvalue weighted by Gasteiger charge is -2.50. The fourth-order valence-electron chi connectivity index (χ4n) is 7.20. The van der Waals surface area contributed by atoms with E-state index in [1.807, 2.05) is 24.3 Å². The molecule has 0 radical (unpaired) electrons. The average molecular weight is 460 g/mol. The van der Waals surface area contributed by atoms with Gasteiger partial charge in [0, 0.05) is 37.2 Å². The SMILES string of the molecule is C[C@]12CC[C@@H]3c4ccc(B(O)O)cc4CC[C@H]3[C@@H]1[C@H](CCC(=O)NCc1cccnc1)CC2=O. The smallest absolute Gasteiger partial charge is 0.423 e. The molecule has 1 amide bonds. The van der Waals surface area contributed by atoms with Crippen LogP contribution in [0.4, 0.5) is 0 Å². The topological polar surface area (TPSA) is 99.5 Å². The lowest BCUT2D eigenvalue weighted by molar-refractivity contribution is -0.129. The number of benzene rings is 1. The quantitative estimate of drug-likeness (QED) is 0.576. The van der Waals surface area contributed by atoms with Gasteiger partial charge in [0.2, 0.25) is 5.91 Å². The number of nitrogens with one attached hydrogen (secondary N) is 1. The van der Waals surface area contributed by atoms with Crippen LogP contribution in [0, 0.1) is 23.2 Å². The molecule has 3 N–H and O–H groups in total. The van der Waals surface area contributed by atoms with Crippen molar-refractivity contribution >= 4 is 24.3 Å². The van der Waals surface area contributed by atoms with Gasteiger partial charge in [-0.2, -0.15) is 0 Å². The molecule has 0 saturated heterocycles. The number of hydrogen-bond acceptors (Lipinski definition) is 5. The minimum atomic E-state index is -1.45. The fraction of sp³-hybridized carbons (Fsp3) is 0.519. The van der Waals surface area contributed by atoms with E-state index < -0.39 is 7.12 Å². The van der Waals surface area contributed by atoms with Gasteiger partial charge in [-0.15, -0.1) is 0 Å². The first kappa shape index (κ1) is 23.2. The van der Waals surface area contributed by atoms with Gasteiger partial charge in [0.15, 0.2) is 0 Å². The van der Waals surface area contributed by atoms with Crippen molar-refractivity contribution in [3.05, 3.63) is 59.4 Å². The highest BCUT2D eigenvalue weighted by Crippen LogP contribution is 2.62. The van der Waals surface area contributed by atoms with Crippen molar-refractivity contribution in [2.24, 2.45) is 23.2 Å². The van der Waals surface area contributed by atoms with Crippen molar-refractivity contribution in [2.45, 2.75) is 64.3 Å². The average Bonchev–Trinajstić information content (AvgIpc) is 3.11. The summed E-state index contributed by atoms with van der Waals surface area (Å²) in [5, 5.41) is 22.1. The minimum Gasteiger partial charge on any atom is -0.423 e. The third-order valence-electron chi connectivity index (χ3n) is 8.85. The number of Topliss-reactive ketones (excluding diaryl/α,β-unsaturated/α-hetero) is 1. The number of aromatic nitrogens is 1. The molecule has 3 aliphatic carbocycles. The molecule has 2 aromatic rings. The summed E-state index contributed by atoms with van der Waals surface area (Å²) in [6, 6.07) is 9.64. The van der Waals surface area contributed by atoms with Crippen molar-refractivity contribution in [1.29, 1.82) is 0 Å². The Kier molecular flexibility index (Phi) is 6.34. The number of fused-ring (bicyclic) bond motifs is 5. The van der Waals surface area contributed by atoms with E-state index in [1.165, 1.54) is 11.1 Å². The molecule has 6 nitrogen and oxygen atoms in total. The number of carbonyl (C=O) groups is 2. The van der Waals surface area contributed by atoms with Crippen LogP contribution in [-0.2, 0) is 22.6 Å². The second-order valence-corrected chi connectivity index (χ2v) is 10.7. The van der Waals surface area contributed by atoms with Crippen LogP contribution in [0.1, 0.15) is 68.1 Å². The van der Waals surface area contributed by atoms with Gasteiger partial charge < -0.3 is 15.4 Å².